The summed E-state index contributed by atoms with van der Waals surface area (Å²) in [6, 6.07) is 9.97. The maximum Gasteiger partial charge on any atom is 0.338 e. The zero-order valence-electron chi connectivity index (χ0n) is 17.4. The summed E-state index contributed by atoms with van der Waals surface area (Å²) in [6.45, 7) is 0.992. The Hall–Kier alpha value is -2.96. The number of esters is 1. The zero-order chi connectivity index (χ0) is 21.1. The van der Waals surface area contributed by atoms with E-state index in [-0.39, 0.29) is 5.97 Å². The number of rotatable bonds is 7. The fourth-order valence-corrected chi connectivity index (χ4v) is 4.49. The van der Waals surface area contributed by atoms with Crippen LogP contribution in [0.25, 0.3) is 33.2 Å². The van der Waals surface area contributed by atoms with Gasteiger partial charge in [-0.15, -0.1) is 0 Å². The van der Waals surface area contributed by atoms with Gasteiger partial charge in [-0.05, 0) is 74.1 Å². The molecule has 0 spiro atoms. The Morgan fingerprint density at radius 3 is 2.73 bits per heavy atom. The minimum atomic E-state index is -0.331. The standard InChI is InChI=1S/C24H25N3O2S/c1-27(2)10-5-8-20-22(18-12-17(13-25-14-18)16-9-11-30-15-16)23-19(24(28)29-3)6-4-7-21(23)26-20/h4,6-7,9,11-15,26H,5,8,10H2,1-3H3. The van der Waals surface area contributed by atoms with Crippen molar-refractivity contribution in [3.05, 3.63) is 64.7 Å². The van der Waals surface area contributed by atoms with Crippen molar-refractivity contribution in [2.24, 2.45) is 0 Å². The monoisotopic (exact) mass is 419 g/mol. The van der Waals surface area contributed by atoms with Crippen LogP contribution in [0, 0.1) is 0 Å². The van der Waals surface area contributed by atoms with Gasteiger partial charge in [-0.2, -0.15) is 11.3 Å². The molecule has 0 aliphatic carbocycles. The number of benzene rings is 1. The van der Waals surface area contributed by atoms with E-state index in [9.17, 15) is 4.79 Å². The molecule has 6 heteroatoms. The van der Waals surface area contributed by atoms with Gasteiger partial charge >= 0.3 is 5.97 Å². The second-order valence-corrected chi connectivity index (χ2v) is 8.36. The van der Waals surface area contributed by atoms with Gasteiger partial charge in [0, 0.05) is 45.7 Å². The number of thiophene rings is 1. The van der Waals surface area contributed by atoms with E-state index in [1.54, 1.807) is 11.3 Å². The first-order valence-electron chi connectivity index (χ1n) is 9.93. The third-order valence-electron chi connectivity index (χ3n) is 5.22. The normalized spacial score (nSPS) is 11.3. The third-order valence-corrected chi connectivity index (χ3v) is 5.90. The molecule has 0 saturated carbocycles. The minimum absolute atomic E-state index is 0.331. The van der Waals surface area contributed by atoms with Crippen LogP contribution in [0.3, 0.4) is 0 Å². The van der Waals surface area contributed by atoms with E-state index in [0.717, 1.165) is 58.2 Å². The number of carbonyl (C=O) groups excluding carboxylic acids is 1. The molecule has 4 rings (SSSR count). The van der Waals surface area contributed by atoms with Crippen molar-refractivity contribution in [2.75, 3.05) is 27.7 Å². The molecule has 1 N–H and O–H groups in total. The van der Waals surface area contributed by atoms with Crippen molar-refractivity contribution in [1.82, 2.24) is 14.9 Å². The number of aryl methyl sites for hydroxylation is 1. The van der Waals surface area contributed by atoms with Gasteiger partial charge in [0.2, 0.25) is 0 Å². The van der Waals surface area contributed by atoms with Gasteiger partial charge in [0.15, 0.2) is 0 Å². The predicted molar refractivity (Wildman–Crippen MR) is 123 cm³/mol. The Morgan fingerprint density at radius 2 is 2.00 bits per heavy atom. The molecule has 0 unspecified atom stereocenters. The zero-order valence-corrected chi connectivity index (χ0v) is 18.3. The van der Waals surface area contributed by atoms with Gasteiger partial charge in [0.05, 0.1) is 12.7 Å². The highest BCUT2D eigenvalue weighted by Gasteiger charge is 2.20. The van der Waals surface area contributed by atoms with Gasteiger partial charge < -0.3 is 14.6 Å². The van der Waals surface area contributed by atoms with Gasteiger partial charge in [-0.1, -0.05) is 6.07 Å². The SMILES string of the molecule is COC(=O)c1cccc2[nH]c(CCCN(C)C)c(-c3cncc(-c4ccsc4)c3)c12. The molecule has 3 heterocycles. The van der Waals surface area contributed by atoms with Crippen LogP contribution >= 0.6 is 11.3 Å². The number of nitrogens with one attached hydrogen (secondary N) is 1. The number of hydrogen-bond donors (Lipinski definition) is 1. The van der Waals surface area contributed by atoms with Gasteiger partial charge in [0.25, 0.3) is 0 Å². The number of pyridine rings is 1. The quantitative estimate of drug-likeness (QED) is 0.416. The van der Waals surface area contributed by atoms with Crippen LogP contribution in [0.1, 0.15) is 22.5 Å². The molecule has 0 radical (unpaired) electrons. The van der Waals surface area contributed by atoms with Gasteiger partial charge in [-0.25, -0.2) is 4.79 Å². The van der Waals surface area contributed by atoms with Crippen LogP contribution in [0.5, 0.6) is 0 Å². The summed E-state index contributed by atoms with van der Waals surface area (Å²) in [7, 11) is 5.58. The lowest BCUT2D eigenvalue weighted by atomic mass is 9.96. The Bertz CT molecular complexity index is 1160. The number of hydrogen-bond acceptors (Lipinski definition) is 5. The van der Waals surface area contributed by atoms with Crippen molar-refractivity contribution >= 4 is 28.2 Å². The number of carbonyl (C=O) groups is 1. The lowest BCUT2D eigenvalue weighted by Gasteiger charge is -2.11. The summed E-state index contributed by atoms with van der Waals surface area (Å²) < 4.78 is 5.07. The third kappa shape index (κ3) is 4.01. The fraction of sp³-hybridized carbons (Fsp3) is 0.250. The molecule has 4 aromatic rings. The highest BCUT2D eigenvalue weighted by molar-refractivity contribution is 7.08. The van der Waals surface area contributed by atoms with Crippen LogP contribution in [0.15, 0.2) is 53.5 Å². The first kappa shape index (κ1) is 20.3. The predicted octanol–water partition coefficient (Wildman–Crippen LogP) is 5.24. The van der Waals surface area contributed by atoms with E-state index < -0.39 is 0 Å². The van der Waals surface area contributed by atoms with Crippen molar-refractivity contribution in [3.63, 3.8) is 0 Å². The molecule has 5 nitrogen and oxygen atoms in total. The lowest BCUT2D eigenvalue weighted by molar-refractivity contribution is 0.0603. The summed E-state index contributed by atoms with van der Waals surface area (Å²) in [5.41, 5.74) is 6.88. The molecule has 0 aliphatic rings. The Kier molecular flexibility index (Phi) is 5.97. The Balaban J connectivity index is 1.89. The highest BCUT2D eigenvalue weighted by atomic mass is 32.1. The summed E-state index contributed by atoms with van der Waals surface area (Å²) in [4.78, 5) is 22.8. The lowest BCUT2D eigenvalue weighted by Crippen LogP contribution is -2.13. The average molecular weight is 420 g/mol. The first-order valence-corrected chi connectivity index (χ1v) is 10.9. The Morgan fingerprint density at radius 1 is 1.17 bits per heavy atom. The molecule has 3 aromatic heterocycles. The second kappa shape index (κ2) is 8.81. The van der Waals surface area contributed by atoms with Crippen molar-refractivity contribution < 1.29 is 9.53 Å². The number of methoxy groups -OCH3 is 1. The maximum absolute atomic E-state index is 12.5. The number of ether oxygens (including phenoxy) is 1. The molecule has 0 atom stereocenters. The van der Waals surface area contributed by atoms with E-state index in [4.69, 9.17) is 4.74 Å². The maximum atomic E-state index is 12.5. The van der Waals surface area contributed by atoms with Crippen LogP contribution in [-0.4, -0.2) is 48.6 Å². The number of nitrogens with zero attached hydrogens (tertiary/aromatic N) is 2. The van der Waals surface area contributed by atoms with E-state index in [2.05, 4.69) is 51.9 Å². The van der Waals surface area contributed by atoms with Crippen LogP contribution in [0.4, 0.5) is 0 Å². The Labute approximate surface area is 180 Å². The summed E-state index contributed by atoms with van der Waals surface area (Å²) in [5, 5.41) is 5.08. The van der Waals surface area contributed by atoms with Crippen molar-refractivity contribution in [3.8, 4) is 22.3 Å². The average Bonchev–Trinajstić information content (AvgIpc) is 3.41. The summed E-state index contributed by atoms with van der Waals surface area (Å²) in [6.07, 6.45) is 5.65. The van der Waals surface area contributed by atoms with Gasteiger partial charge in [-0.3, -0.25) is 4.98 Å². The van der Waals surface area contributed by atoms with Crippen molar-refractivity contribution in [1.29, 1.82) is 0 Å². The van der Waals surface area contributed by atoms with Gasteiger partial charge in [0.1, 0.15) is 0 Å². The van der Waals surface area contributed by atoms with Crippen LogP contribution < -0.4 is 0 Å². The summed E-state index contributed by atoms with van der Waals surface area (Å²) >= 11 is 1.67. The molecule has 154 valence electrons. The smallest absolute Gasteiger partial charge is 0.338 e. The molecule has 30 heavy (non-hydrogen) atoms. The first-order chi connectivity index (χ1) is 14.6. The summed E-state index contributed by atoms with van der Waals surface area (Å²) in [5.74, 6) is -0.331. The highest BCUT2D eigenvalue weighted by Crippen LogP contribution is 2.37. The molecular weight excluding hydrogens is 394 g/mol. The molecule has 0 fully saturated rings. The molecule has 0 bridgehead atoms. The molecule has 0 saturated heterocycles. The molecular formula is C24H25N3O2S. The largest absolute Gasteiger partial charge is 0.465 e. The van der Waals surface area contributed by atoms with Crippen LogP contribution in [0.2, 0.25) is 0 Å². The van der Waals surface area contributed by atoms with E-state index in [0.29, 0.717) is 5.56 Å². The molecule has 0 amide bonds. The molecule has 0 aliphatic heterocycles. The second-order valence-electron chi connectivity index (χ2n) is 7.58. The number of aromatic amines is 1. The van der Waals surface area contributed by atoms with Crippen molar-refractivity contribution in [2.45, 2.75) is 12.8 Å². The van der Waals surface area contributed by atoms with Crippen LogP contribution in [-0.2, 0) is 11.2 Å². The van der Waals surface area contributed by atoms with E-state index in [1.807, 2.05) is 30.6 Å². The number of H-pyrrole nitrogens is 1. The molecule has 1 aromatic carbocycles. The topological polar surface area (TPSA) is 58.2 Å². The number of aromatic nitrogens is 2. The van der Waals surface area contributed by atoms with E-state index >= 15 is 0 Å². The number of fused-ring (bicyclic) bond motifs is 1. The minimum Gasteiger partial charge on any atom is -0.465 e. The fourth-order valence-electron chi connectivity index (χ4n) is 3.82. The van der Waals surface area contributed by atoms with E-state index in [1.165, 1.54) is 7.11 Å².